The third kappa shape index (κ3) is 4.92. The minimum Gasteiger partial charge on any atom is -0.374 e. The summed E-state index contributed by atoms with van der Waals surface area (Å²) in [6.45, 7) is 4.00. The topological polar surface area (TPSA) is 41.1 Å². The summed E-state index contributed by atoms with van der Waals surface area (Å²) >= 11 is 5.66. The van der Waals surface area contributed by atoms with Gasteiger partial charge in [0.15, 0.2) is 0 Å². The van der Waals surface area contributed by atoms with Crippen molar-refractivity contribution in [3.05, 3.63) is 28.8 Å². The number of benzene rings is 1. The van der Waals surface area contributed by atoms with E-state index < -0.39 is 17.8 Å². The first kappa shape index (κ1) is 16.6. The van der Waals surface area contributed by atoms with Crippen molar-refractivity contribution in [3.63, 3.8) is 0 Å². The molecule has 20 heavy (non-hydrogen) atoms. The molecule has 0 bridgehead atoms. The molecule has 7 heteroatoms. The number of carbonyl (C=O) groups excluding carboxylic acids is 1. The highest BCUT2D eigenvalue weighted by Gasteiger charge is 2.31. The predicted molar refractivity (Wildman–Crippen MR) is 72.8 cm³/mol. The molecule has 1 atom stereocenters. The van der Waals surface area contributed by atoms with E-state index in [2.05, 4.69) is 10.6 Å². The van der Waals surface area contributed by atoms with Gasteiger partial charge >= 0.3 is 6.18 Å². The molecule has 1 rings (SSSR count). The van der Waals surface area contributed by atoms with Crippen LogP contribution in [0.3, 0.4) is 0 Å². The summed E-state index contributed by atoms with van der Waals surface area (Å²) < 4.78 is 37.9. The minimum atomic E-state index is -4.48. The number of alkyl halides is 3. The first-order chi connectivity index (χ1) is 9.24. The van der Waals surface area contributed by atoms with E-state index in [0.717, 1.165) is 18.6 Å². The second-order valence-corrected chi connectivity index (χ2v) is 4.82. The Bertz CT molecular complexity index is 477. The van der Waals surface area contributed by atoms with Crippen molar-refractivity contribution in [3.8, 4) is 0 Å². The molecule has 2 N–H and O–H groups in total. The van der Waals surface area contributed by atoms with Gasteiger partial charge < -0.3 is 10.6 Å². The Labute approximate surface area is 120 Å². The number of amides is 1. The van der Waals surface area contributed by atoms with Crippen LogP contribution < -0.4 is 10.6 Å². The number of carbonyl (C=O) groups is 1. The van der Waals surface area contributed by atoms with Crippen molar-refractivity contribution >= 4 is 23.2 Å². The van der Waals surface area contributed by atoms with Gasteiger partial charge in [-0.25, -0.2) is 0 Å². The van der Waals surface area contributed by atoms with Gasteiger partial charge in [0.25, 0.3) is 0 Å². The highest BCUT2D eigenvalue weighted by atomic mass is 35.5. The Hall–Kier alpha value is -1.43. The predicted octanol–water partition coefficient (Wildman–Crippen LogP) is 3.69. The summed E-state index contributed by atoms with van der Waals surface area (Å²) in [5, 5.41) is 5.32. The molecule has 0 heterocycles. The number of hydrogen-bond donors (Lipinski definition) is 2. The molecule has 1 aromatic rings. The fourth-order valence-electron chi connectivity index (χ4n) is 1.55. The summed E-state index contributed by atoms with van der Waals surface area (Å²) in [5.74, 6) is -0.277. The molecule has 3 nitrogen and oxygen atoms in total. The van der Waals surface area contributed by atoms with Crippen molar-refractivity contribution in [2.75, 3.05) is 11.9 Å². The van der Waals surface area contributed by atoms with E-state index in [4.69, 9.17) is 11.6 Å². The highest BCUT2D eigenvalue weighted by molar-refractivity contribution is 6.31. The van der Waals surface area contributed by atoms with Gasteiger partial charge in [0.05, 0.1) is 5.56 Å². The highest BCUT2D eigenvalue weighted by Crippen LogP contribution is 2.33. The molecule has 0 radical (unpaired) electrons. The lowest BCUT2D eigenvalue weighted by atomic mass is 10.1. The van der Waals surface area contributed by atoms with E-state index in [1.807, 2.05) is 6.92 Å². The Morgan fingerprint density at radius 2 is 2.00 bits per heavy atom. The van der Waals surface area contributed by atoms with Gasteiger partial charge in [-0.05, 0) is 31.5 Å². The zero-order chi connectivity index (χ0) is 15.3. The number of rotatable bonds is 5. The maximum Gasteiger partial charge on any atom is 0.416 e. The molecule has 0 aliphatic rings. The van der Waals surface area contributed by atoms with E-state index in [0.29, 0.717) is 6.54 Å². The Kier molecular flexibility index (Phi) is 5.68. The Morgan fingerprint density at radius 1 is 1.35 bits per heavy atom. The maximum atomic E-state index is 12.6. The van der Waals surface area contributed by atoms with E-state index in [1.54, 1.807) is 6.92 Å². The lowest BCUT2D eigenvalue weighted by Crippen LogP contribution is -2.37. The molecule has 1 unspecified atom stereocenters. The molecule has 0 aromatic heterocycles. The largest absolute Gasteiger partial charge is 0.416 e. The average Bonchev–Trinajstić information content (AvgIpc) is 2.34. The van der Waals surface area contributed by atoms with Crippen LogP contribution in [0.5, 0.6) is 0 Å². The molecule has 0 aliphatic heterocycles. The van der Waals surface area contributed by atoms with E-state index in [-0.39, 0.29) is 16.6 Å². The van der Waals surface area contributed by atoms with Gasteiger partial charge in [0.2, 0.25) is 5.91 Å². The molecule has 1 amide bonds. The number of anilines is 1. The number of nitrogens with one attached hydrogen (secondary N) is 2. The fraction of sp³-hybridized carbons (Fsp3) is 0.462. The van der Waals surface area contributed by atoms with Crippen LogP contribution in [-0.2, 0) is 11.0 Å². The van der Waals surface area contributed by atoms with Crippen molar-refractivity contribution < 1.29 is 18.0 Å². The van der Waals surface area contributed by atoms with Crippen LogP contribution in [0.1, 0.15) is 25.8 Å². The molecule has 1 aromatic carbocycles. The van der Waals surface area contributed by atoms with E-state index in [9.17, 15) is 18.0 Å². The van der Waals surface area contributed by atoms with E-state index in [1.165, 1.54) is 6.07 Å². The van der Waals surface area contributed by atoms with Crippen LogP contribution in [0.15, 0.2) is 18.2 Å². The normalized spacial score (nSPS) is 12.9. The summed E-state index contributed by atoms with van der Waals surface area (Å²) in [6, 6.07) is 2.46. The second kappa shape index (κ2) is 6.83. The molecule has 0 spiro atoms. The molecule has 112 valence electrons. The van der Waals surface area contributed by atoms with E-state index >= 15 is 0 Å². The third-order valence-corrected chi connectivity index (χ3v) is 2.77. The van der Waals surface area contributed by atoms with Crippen molar-refractivity contribution in [1.82, 2.24) is 5.32 Å². The molecular weight excluding hydrogens is 293 g/mol. The van der Waals surface area contributed by atoms with Gasteiger partial charge in [-0.15, -0.1) is 0 Å². The Balaban J connectivity index is 2.82. The van der Waals surface area contributed by atoms with Crippen LogP contribution in [0.4, 0.5) is 18.9 Å². The summed E-state index contributed by atoms with van der Waals surface area (Å²) in [6.07, 6.45) is -3.69. The number of hydrogen-bond acceptors (Lipinski definition) is 2. The van der Waals surface area contributed by atoms with Crippen molar-refractivity contribution in [1.29, 1.82) is 0 Å². The van der Waals surface area contributed by atoms with Crippen LogP contribution in [0.2, 0.25) is 5.02 Å². The van der Waals surface area contributed by atoms with Gasteiger partial charge in [-0.3, -0.25) is 4.79 Å². The molecule has 0 saturated carbocycles. The van der Waals surface area contributed by atoms with Crippen molar-refractivity contribution in [2.45, 2.75) is 32.5 Å². The molecule has 0 saturated heterocycles. The lowest BCUT2D eigenvalue weighted by molar-refractivity contribution is -0.137. The lowest BCUT2D eigenvalue weighted by Gasteiger charge is -2.16. The zero-order valence-corrected chi connectivity index (χ0v) is 11.9. The van der Waals surface area contributed by atoms with Crippen molar-refractivity contribution in [2.24, 2.45) is 0 Å². The minimum absolute atomic E-state index is 0.0384. The second-order valence-electron chi connectivity index (χ2n) is 4.38. The molecule has 0 aliphatic carbocycles. The Morgan fingerprint density at radius 3 is 2.55 bits per heavy atom. The summed E-state index contributed by atoms with van der Waals surface area (Å²) in [4.78, 5) is 11.6. The fourth-order valence-corrected chi connectivity index (χ4v) is 1.79. The maximum absolute atomic E-state index is 12.6. The van der Waals surface area contributed by atoms with Gasteiger partial charge in [-0.2, -0.15) is 13.2 Å². The molecular formula is C13H16ClF3N2O. The van der Waals surface area contributed by atoms with Crippen LogP contribution in [0.25, 0.3) is 0 Å². The van der Waals surface area contributed by atoms with Gasteiger partial charge in [0, 0.05) is 17.3 Å². The number of halogens is 4. The first-order valence-corrected chi connectivity index (χ1v) is 6.54. The van der Waals surface area contributed by atoms with Crippen LogP contribution in [0, 0.1) is 0 Å². The zero-order valence-electron chi connectivity index (χ0n) is 11.1. The van der Waals surface area contributed by atoms with Crippen LogP contribution >= 0.6 is 11.6 Å². The SMILES string of the molecule is CCCNC(=O)C(C)Nc1cc(Cl)cc(C(F)(F)F)c1. The van der Waals surface area contributed by atoms with Gasteiger partial charge in [-0.1, -0.05) is 18.5 Å². The smallest absolute Gasteiger partial charge is 0.374 e. The average molecular weight is 309 g/mol. The summed E-state index contributed by atoms with van der Waals surface area (Å²) in [5.41, 5.74) is -0.697. The standard InChI is InChI=1S/C13H16ClF3N2O/c1-3-4-18-12(20)8(2)19-11-6-9(13(15,16)17)5-10(14)7-11/h5-8,19H,3-4H2,1-2H3,(H,18,20). The first-order valence-electron chi connectivity index (χ1n) is 6.16. The quantitative estimate of drug-likeness (QED) is 0.871. The third-order valence-electron chi connectivity index (χ3n) is 2.55. The summed E-state index contributed by atoms with van der Waals surface area (Å²) in [7, 11) is 0. The molecule has 0 fully saturated rings. The monoisotopic (exact) mass is 308 g/mol. The van der Waals surface area contributed by atoms with Crippen LogP contribution in [-0.4, -0.2) is 18.5 Å². The van der Waals surface area contributed by atoms with Gasteiger partial charge in [0.1, 0.15) is 6.04 Å².